The first-order chi connectivity index (χ1) is 9.20. The number of hydrogen-bond donors (Lipinski definition) is 1. The van der Waals surface area contributed by atoms with Gasteiger partial charge in [-0.25, -0.2) is 9.97 Å². The number of methoxy groups -OCH3 is 1. The Labute approximate surface area is 115 Å². The molecule has 0 spiro atoms. The smallest absolute Gasteiger partial charge is 0.225 e. The van der Waals surface area contributed by atoms with Crippen LogP contribution >= 0.6 is 0 Å². The van der Waals surface area contributed by atoms with Crippen LogP contribution in [-0.4, -0.2) is 42.3 Å². The summed E-state index contributed by atoms with van der Waals surface area (Å²) in [5.41, 5.74) is 1.14. The van der Waals surface area contributed by atoms with Crippen LogP contribution < -0.4 is 10.2 Å². The maximum absolute atomic E-state index is 5.13. The third kappa shape index (κ3) is 4.44. The SMILES string of the molecule is COCCN(c1ncc(CNC2CC2)cn1)C(C)C. The lowest BCUT2D eigenvalue weighted by Gasteiger charge is -2.26. The zero-order valence-corrected chi connectivity index (χ0v) is 12.1. The molecule has 0 aromatic carbocycles. The largest absolute Gasteiger partial charge is 0.383 e. The van der Waals surface area contributed by atoms with Gasteiger partial charge in [0.1, 0.15) is 0 Å². The molecule has 2 rings (SSSR count). The van der Waals surface area contributed by atoms with E-state index in [0.29, 0.717) is 18.7 Å². The fourth-order valence-corrected chi connectivity index (χ4v) is 1.92. The van der Waals surface area contributed by atoms with Crippen LogP contribution in [0, 0.1) is 0 Å². The normalized spacial score (nSPS) is 14.9. The molecule has 5 nitrogen and oxygen atoms in total. The molecule has 0 aliphatic heterocycles. The molecular weight excluding hydrogens is 240 g/mol. The molecule has 0 bridgehead atoms. The lowest BCUT2D eigenvalue weighted by molar-refractivity contribution is 0.203. The zero-order chi connectivity index (χ0) is 13.7. The van der Waals surface area contributed by atoms with Crippen LogP contribution in [0.2, 0.25) is 0 Å². The van der Waals surface area contributed by atoms with E-state index < -0.39 is 0 Å². The number of rotatable bonds is 8. The van der Waals surface area contributed by atoms with Gasteiger partial charge in [-0.2, -0.15) is 0 Å². The van der Waals surface area contributed by atoms with Gasteiger partial charge in [0.15, 0.2) is 0 Å². The predicted octanol–water partition coefficient (Wildman–Crippen LogP) is 1.59. The summed E-state index contributed by atoms with van der Waals surface area (Å²) in [6, 6.07) is 1.08. The second-order valence-electron chi connectivity index (χ2n) is 5.33. The van der Waals surface area contributed by atoms with E-state index in [0.717, 1.165) is 24.6 Å². The molecule has 0 unspecified atom stereocenters. The molecule has 106 valence electrons. The van der Waals surface area contributed by atoms with Gasteiger partial charge in [-0.15, -0.1) is 0 Å². The van der Waals surface area contributed by atoms with Crippen molar-refractivity contribution in [1.29, 1.82) is 0 Å². The highest BCUT2D eigenvalue weighted by molar-refractivity contribution is 5.31. The van der Waals surface area contributed by atoms with E-state index >= 15 is 0 Å². The van der Waals surface area contributed by atoms with Gasteiger partial charge in [0.25, 0.3) is 0 Å². The van der Waals surface area contributed by atoms with Gasteiger partial charge < -0.3 is 15.0 Å². The second-order valence-corrected chi connectivity index (χ2v) is 5.33. The maximum atomic E-state index is 5.13. The van der Waals surface area contributed by atoms with Crippen molar-refractivity contribution in [2.45, 2.75) is 45.3 Å². The van der Waals surface area contributed by atoms with Gasteiger partial charge in [0.2, 0.25) is 5.95 Å². The first-order valence-electron chi connectivity index (χ1n) is 7.00. The molecule has 1 N–H and O–H groups in total. The van der Waals surface area contributed by atoms with Crippen molar-refractivity contribution in [2.75, 3.05) is 25.2 Å². The predicted molar refractivity (Wildman–Crippen MR) is 76.3 cm³/mol. The monoisotopic (exact) mass is 264 g/mol. The molecular formula is C14H24N4O. The maximum Gasteiger partial charge on any atom is 0.225 e. The molecule has 1 heterocycles. The number of ether oxygens (including phenoxy) is 1. The number of aromatic nitrogens is 2. The summed E-state index contributed by atoms with van der Waals surface area (Å²) in [5, 5.41) is 3.47. The van der Waals surface area contributed by atoms with Crippen molar-refractivity contribution >= 4 is 5.95 Å². The molecule has 1 aliphatic rings. The zero-order valence-electron chi connectivity index (χ0n) is 12.1. The minimum absolute atomic E-state index is 0.366. The molecule has 1 aromatic heterocycles. The molecule has 1 aliphatic carbocycles. The highest BCUT2D eigenvalue weighted by atomic mass is 16.5. The van der Waals surface area contributed by atoms with Gasteiger partial charge in [0.05, 0.1) is 6.61 Å². The van der Waals surface area contributed by atoms with Crippen molar-refractivity contribution in [3.8, 4) is 0 Å². The Morgan fingerprint density at radius 3 is 2.58 bits per heavy atom. The Morgan fingerprint density at radius 1 is 1.37 bits per heavy atom. The Hall–Kier alpha value is -1.20. The molecule has 0 amide bonds. The van der Waals surface area contributed by atoms with Gasteiger partial charge in [-0.1, -0.05) is 0 Å². The van der Waals surface area contributed by atoms with Crippen molar-refractivity contribution in [3.63, 3.8) is 0 Å². The van der Waals surface area contributed by atoms with Crippen LogP contribution in [0.25, 0.3) is 0 Å². The first-order valence-corrected chi connectivity index (χ1v) is 7.00. The van der Waals surface area contributed by atoms with E-state index in [2.05, 4.69) is 34.0 Å². The molecule has 0 atom stereocenters. The van der Waals surface area contributed by atoms with Gasteiger partial charge in [0, 0.05) is 50.2 Å². The summed E-state index contributed by atoms with van der Waals surface area (Å²) in [7, 11) is 1.71. The quantitative estimate of drug-likeness (QED) is 0.772. The fourth-order valence-electron chi connectivity index (χ4n) is 1.92. The average molecular weight is 264 g/mol. The lowest BCUT2D eigenvalue weighted by Crippen LogP contribution is -2.35. The van der Waals surface area contributed by atoms with Crippen LogP contribution in [0.4, 0.5) is 5.95 Å². The summed E-state index contributed by atoms with van der Waals surface area (Å²) in [5.74, 6) is 0.780. The summed E-state index contributed by atoms with van der Waals surface area (Å²) in [4.78, 5) is 11.1. The second kappa shape index (κ2) is 6.82. The Bertz CT molecular complexity index is 376. The van der Waals surface area contributed by atoms with Crippen LogP contribution in [-0.2, 0) is 11.3 Å². The van der Waals surface area contributed by atoms with E-state index in [4.69, 9.17) is 4.74 Å². The average Bonchev–Trinajstić information content (AvgIpc) is 3.22. The van der Waals surface area contributed by atoms with E-state index in [9.17, 15) is 0 Å². The standard InChI is InChI=1S/C14H24N4O/c1-11(2)18(6-7-19-3)14-16-9-12(10-17-14)8-15-13-4-5-13/h9-11,13,15H,4-8H2,1-3H3. The number of nitrogens with zero attached hydrogens (tertiary/aromatic N) is 3. The summed E-state index contributed by atoms with van der Waals surface area (Å²) >= 11 is 0. The molecule has 5 heteroatoms. The number of anilines is 1. The summed E-state index contributed by atoms with van der Waals surface area (Å²) < 4.78 is 5.13. The first kappa shape index (κ1) is 14.2. The minimum atomic E-state index is 0.366. The highest BCUT2D eigenvalue weighted by Crippen LogP contribution is 2.19. The Balaban J connectivity index is 1.93. The number of nitrogens with one attached hydrogen (secondary N) is 1. The molecule has 0 saturated heterocycles. The third-order valence-electron chi connectivity index (χ3n) is 3.28. The Morgan fingerprint density at radius 2 is 2.05 bits per heavy atom. The van der Waals surface area contributed by atoms with E-state index in [1.807, 2.05) is 12.4 Å². The Kier molecular flexibility index (Phi) is 5.10. The van der Waals surface area contributed by atoms with Gasteiger partial charge in [-0.3, -0.25) is 0 Å². The van der Waals surface area contributed by atoms with Crippen molar-refractivity contribution in [2.24, 2.45) is 0 Å². The van der Waals surface area contributed by atoms with Crippen molar-refractivity contribution in [3.05, 3.63) is 18.0 Å². The molecule has 19 heavy (non-hydrogen) atoms. The summed E-state index contributed by atoms with van der Waals surface area (Å²) in [6.07, 6.45) is 6.44. The lowest BCUT2D eigenvalue weighted by atomic mass is 10.3. The van der Waals surface area contributed by atoms with E-state index in [1.54, 1.807) is 7.11 Å². The minimum Gasteiger partial charge on any atom is -0.383 e. The summed E-state index contributed by atoms with van der Waals surface area (Å²) in [6.45, 7) is 6.65. The topological polar surface area (TPSA) is 50.3 Å². The highest BCUT2D eigenvalue weighted by Gasteiger charge is 2.20. The van der Waals surface area contributed by atoms with Crippen LogP contribution in [0.15, 0.2) is 12.4 Å². The van der Waals surface area contributed by atoms with Gasteiger partial charge >= 0.3 is 0 Å². The van der Waals surface area contributed by atoms with Gasteiger partial charge in [-0.05, 0) is 26.7 Å². The van der Waals surface area contributed by atoms with Crippen LogP contribution in [0.3, 0.4) is 0 Å². The fraction of sp³-hybridized carbons (Fsp3) is 0.714. The third-order valence-corrected chi connectivity index (χ3v) is 3.28. The molecule has 0 radical (unpaired) electrons. The van der Waals surface area contributed by atoms with E-state index in [1.165, 1.54) is 12.8 Å². The van der Waals surface area contributed by atoms with Crippen LogP contribution in [0.1, 0.15) is 32.3 Å². The molecule has 1 saturated carbocycles. The molecule has 1 aromatic rings. The van der Waals surface area contributed by atoms with Crippen molar-refractivity contribution < 1.29 is 4.74 Å². The number of hydrogen-bond acceptors (Lipinski definition) is 5. The van der Waals surface area contributed by atoms with E-state index in [-0.39, 0.29) is 0 Å². The van der Waals surface area contributed by atoms with Crippen molar-refractivity contribution in [1.82, 2.24) is 15.3 Å². The molecule has 1 fully saturated rings. The van der Waals surface area contributed by atoms with Crippen LogP contribution in [0.5, 0.6) is 0 Å².